The van der Waals surface area contributed by atoms with Crippen LogP contribution in [0, 0.1) is 13.8 Å². The topological polar surface area (TPSA) is 81.0 Å². The smallest absolute Gasteiger partial charge is 0.231 e. The van der Waals surface area contributed by atoms with Gasteiger partial charge in [-0.3, -0.25) is 0 Å². The van der Waals surface area contributed by atoms with Crippen LogP contribution in [-0.2, 0) is 23.6 Å². The van der Waals surface area contributed by atoms with Crippen LogP contribution in [-0.4, -0.2) is 40.0 Å². The van der Waals surface area contributed by atoms with Gasteiger partial charge in [-0.2, -0.15) is 4.31 Å². The Balaban J connectivity index is 2.35. The highest BCUT2D eigenvalue weighted by molar-refractivity contribution is 7.89. The summed E-state index contributed by atoms with van der Waals surface area (Å²) in [7, 11) is -0.367. The molecule has 2 rings (SSSR count). The van der Waals surface area contributed by atoms with E-state index in [1.165, 1.54) is 16.0 Å². The fraction of sp³-hybridized carbons (Fsp3) is 0.417. The van der Waals surface area contributed by atoms with Crippen LogP contribution in [0.15, 0.2) is 23.1 Å². The van der Waals surface area contributed by atoms with Crippen molar-refractivity contribution in [3.63, 3.8) is 0 Å². The molecule has 1 aromatic carbocycles. The molecule has 0 amide bonds. The van der Waals surface area contributed by atoms with Gasteiger partial charge >= 0.3 is 0 Å². The molecule has 20 heavy (non-hydrogen) atoms. The third kappa shape index (κ3) is 2.70. The maximum absolute atomic E-state index is 12.6. The van der Waals surface area contributed by atoms with Gasteiger partial charge in [-0.15, -0.1) is 5.10 Å². The predicted molar refractivity (Wildman–Crippen MR) is 73.4 cm³/mol. The Morgan fingerprint density at radius 3 is 2.60 bits per heavy atom. The minimum atomic E-state index is -3.56. The van der Waals surface area contributed by atoms with Gasteiger partial charge in [-0.1, -0.05) is 12.1 Å². The number of tetrazole rings is 1. The van der Waals surface area contributed by atoms with E-state index in [4.69, 9.17) is 0 Å². The van der Waals surface area contributed by atoms with Crippen LogP contribution in [0.5, 0.6) is 0 Å². The summed E-state index contributed by atoms with van der Waals surface area (Å²) in [6.07, 6.45) is 0. The Kier molecular flexibility index (Phi) is 3.87. The largest absolute Gasteiger partial charge is 0.243 e. The Bertz CT molecular complexity index is 723. The number of sulfonamides is 1. The van der Waals surface area contributed by atoms with E-state index in [1.807, 2.05) is 13.0 Å². The average Bonchev–Trinajstić information content (AvgIpc) is 2.78. The van der Waals surface area contributed by atoms with E-state index >= 15 is 0 Å². The quantitative estimate of drug-likeness (QED) is 0.827. The summed E-state index contributed by atoms with van der Waals surface area (Å²) in [6.45, 7) is 3.77. The number of benzene rings is 1. The third-order valence-electron chi connectivity index (χ3n) is 3.10. The van der Waals surface area contributed by atoms with Crippen LogP contribution in [0.3, 0.4) is 0 Å². The van der Waals surface area contributed by atoms with Crippen LogP contribution < -0.4 is 0 Å². The SMILES string of the molecule is Cc1ccc(C)c(S(=O)(=O)N(C)Cc2nnnn2C)c1. The maximum Gasteiger partial charge on any atom is 0.243 e. The van der Waals surface area contributed by atoms with Crippen LogP contribution >= 0.6 is 0 Å². The van der Waals surface area contributed by atoms with Crippen molar-refractivity contribution in [2.24, 2.45) is 7.05 Å². The van der Waals surface area contributed by atoms with Crippen molar-refractivity contribution < 1.29 is 8.42 Å². The summed E-state index contributed by atoms with van der Waals surface area (Å²) in [5.41, 5.74) is 1.63. The molecule has 1 heterocycles. The second-order valence-electron chi connectivity index (χ2n) is 4.75. The zero-order valence-electron chi connectivity index (χ0n) is 11.9. The molecule has 0 saturated carbocycles. The van der Waals surface area contributed by atoms with Gasteiger partial charge in [-0.05, 0) is 41.5 Å². The first kappa shape index (κ1) is 14.6. The van der Waals surface area contributed by atoms with Gasteiger partial charge in [0.25, 0.3) is 0 Å². The van der Waals surface area contributed by atoms with Gasteiger partial charge in [0.15, 0.2) is 5.82 Å². The molecule has 1 aromatic heterocycles. The minimum absolute atomic E-state index is 0.124. The number of hydrogen-bond donors (Lipinski definition) is 0. The Labute approximate surface area is 118 Å². The first-order valence-corrected chi connectivity index (χ1v) is 7.51. The lowest BCUT2D eigenvalue weighted by molar-refractivity contribution is 0.447. The first-order valence-electron chi connectivity index (χ1n) is 6.07. The van der Waals surface area contributed by atoms with Gasteiger partial charge in [-0.25, -0.2) is 13.1 Å². The molecule has 8 heteroatoms. The van der Waals surface area contributed by atoms with E-state index in [-0.39, 0.29) is 6.54 Å². The molecule has 0 aliphatic rings. The number of hydrogen-bond acceptors (Lipinski definition) is 5. The number of aromatic nitrogens is 4. The van der Waals surface area contributed by atoms with Crippen LogP contribution in [0.2, 0.25) is 0 Å². The number of aryl methyl sites for hydroxylation is 3. The molecule has 0 saturated heterocycles. The molecule has 0 radical (unpaired) electrons. The molecule has 0 fully saturated rings. The predicted octanol–water partition coefficient (Wildman–Crippen LogP) is 0.648. The van der Waals surface area contributed by atoms with E-state index < -0.39 is 10.0 Å². The normalized spacial score (nSPS) is 12.1. The lowest BCUT2D eigenvalue weighted by Gasteiger charge is -2.18. The molecule has 0 aliphatic heterocycles. The minimum Gasteiger partial charge on any atom is -0.231 e. The van der Waals surface area contributed by atoms with Crippen molar-refractivity contribution in [2.45, 2.75) is 25.3 Å². The Hall–Kier alpha value is -1.80. The van der Waals surface area contributed by atoms with Crippen LogP contribution in [0.1, 0.15) is 17.0 Å². The van der Waals surface area contributed by atoms with E-state index in [0.717, 1.165) is 11.1 Å². The fourth-order valence-corrected chi connectivity index (χ4v) is 3.25. The summed E-state index contributed by atoms with van der Waals surface area (Å²) in [5, 5.41) is 11.0. The molecule has 0 spiro atoms. The van der Waals surface area contributed by atoms with Gasteiger partial charge in [0.2, 0.25) is 10.0 Å². The summed E-state index contributed by atoms with van der Waals surface area (Å²) in [5.74, 6) is 0.487. The molecule has 0 bridgehead atoms. The molecular formula is C12H17N5O2S. The van der Waals surface area contributed by atoms with Gasteiger partial charge in [0, 0.05) is 14.1 Å². The van der Waals surface area contributed by atoms with Crippen LogP contribution in [0.4, 0.5) is 0 Å². The summed E-state index contributed by atoms with van der Waals surface area (Å²) in [4.78, 5) is 0.315. The average molecular weight is 295 g/mol. The summed E-state index contributed by atoms with van der Waals surface area (Å²) in [6, 6.07) is 5.37. The van der Waals surface area contributed by atoms with E-state index in [2.05, 4.69) is 15.5 Å². The van der Waals surface area contributed by atoms with Crippen molar-refractivity contribution in [1.82, 2.24) is 24.5 Å². The Morgan fingerprint density at radius 2 is 2.00 bits per heavy atom. The zero-order valence-corrected chi connectivity index (χ0v) is 12.7. The molecule has 108 valence electrons. The molecule has 0 unspecified atom stereocenters. The number of rotatable bonds is 4. The fourth-order valence-electron chi connectivity index (χ4n) is 1.82. The lowest BCUT2D eigenvalue weighted by atomic mass is 10.2. The standard InChI is InChI=1S/C12H17N5O2S/c1-9-5-6-10(2)11(7-9)20(18,19)16(3)8-12-13-14-15-17(12)4/h5-7H,8H2,1-4H3. The molecule has 2 aromatic rings. The highest BCUT2D eigenvalue weighted by atomic mass is 32.2. The maximum atomic E-state index is 12.6. The van der Waals surface area contributed by atoms with E-state index in [0.29, 0.717) is 10.7 Å². The van der Waals surface area contributed by atoms with Crippen molar-refractivity contribution in [3.05, 3.63) is 35.2 Å². The van der Waals surface area contributed by atoms with Crippen LogP contribution in [0.25, 0.3) is 0 Å². The first-order chi connectivity index (χ1) is 9.32. The van der Waals surface area contributed by atoms with Gasteiger partial charge < -0.3 is 0 Å². The molecule has 0 N–H and O–H groups in total. The highest BCUT2D eigenvalue weighted by Gasteiger charge is 2.24. The number of nitrogens with zero attached hydrogens (tertiary/aromatic N) is 5. The van der Waals surface area contributed by atoms with E-state index in [9.17, 15) is 8.42 Å². The molecule has 0 atom stereocenters. The molecule has 0 aliphatic carbocycles. The monoisotopic (exact) mass is 295 g/mol. The summed E-state index contributed by atoms with van der Waals surface area (Å²) >= 11 is 0. The van der Waals surface area contributed by atoms with E-state index in [1.54, 1.807) is 26.1 Å². The zero-order chi connectivity index (χ0) is 14.9. The summed E-state index contributed by atoms with van der Waals surface area (Å²) < 4.78 is 27.9. The Morgan fingerprint density at radius 1 is 1.30 bits per heavy atom. The lowest BCUT2D eigenvalue weighted by Crippen LogP contribution is -2.28. The van der Waals surface area contributed by atoms with Crippen molar-refractivity contribution in [2.75, 3.05) is 7.05 Å². The highest BCUT2D eigenvalue weighted by Crippen LogP contribution is 2.21. The molecular weight excluding hydrogens is 278 g/mol. The third-order valence-corrected chi connectivity index (χ3v) is 5.05. The van der Waals surface area contributed by atoms with Gasteiger partial charge in [0.05, 0.1) is 11.4 Å². The second kappa shape index (κ2) is 5.29. The van der Waals surface area contributed by atoms with Crippen molar-refractivity contribution in [3.8, 4) is 0 Å². The second-order valence-corrected chi connectivity index (χ2v) is 6.76. The molecule has 7 nitrogen and oxygen atoms in total. The van der Waals surface area contributed by atoms with Crippen molar-refractivity contribution >= 4 is 10.0 Å². The van der Waals surface area contributed by atoms with Crippen molar-refractivity contribution in [1.29, 1.82) is 0 Å². The van der Waals surface area contributed by atoms with Gasteiger partial charge in [0.1, 0.15) is 0 Å².